The first-order valence-electron chi connectivity index (χ1n) is 18.6. The first-order valence-corrected chi connectivity index (χ1v) is 22.4. The highest BCUT2D eigenvalue weighted by molar-refractivity contribution is 7.81. The van der Waals surface area contributed by atoms with E-state index >= 15 is 9.13 Å². The Kier molecular flexibility index (Phi) is 6.93. The van der Waals surface area contributed by atoms with E-state index in [1.807, 2.05) is 18.2 Å². The number of rotatable bonds is 6. The molecule has 10 rings (SSSR count). The van der Waals surface area contributed by atoms with Gasteiger partial charge in [0.2, 0.25) is 0 Å². The van der Waals surface area contributed by atoms with Crippen LogP contribution in [0.3, 0.4) is 0 Å². The molecule has 0 amide bonds. The maximum absolute atomic E-state index is 17.3. The first-order chi connectivity index (χ1) is 25.2. The van der Waals surface area contributed by atoms with Gasteiger partial charge in [0.15, 0.2) is 0 Å². The number of fused-ring (bicyclic) bond motifs is 9. The van der Waals surface area contributed by atoms with Gasteiger partial charge in [-0.2, -0.15) is 0 Å². The number of hydrogen-bond acceptors (Lipinski definition) is 3. The average molecular weight is 716 g/mol. The van der Waals surface area contributed by atoms with Crippen LogP contribution in [0.2, 0.25) is 0 Å². The van der Waals surface area contributed by atoms with Crippen LogP contribution in [0.25, 0.3) is 21.8 Å². The van der Waals surface area contributed by atoms with Crippen LogP contribution in [0.5, 0.6) is 0 Å². The van der Waals surface area contributed by atoms with Gasteiger partial charge in [-0.1, -0.05) is 172 Å². The minimum absolute atomic E-state index is 0.0486. The van der Waals surface area contributed by atoms with Gasteiger partial charge in [0.25, 0.3) is 0 Å². The maximum atomic E-state index is 17.3. The summed E-state index contributed by atoms with van der Waals surface area (Å²) in [4.78, 5) is 2.54. The number of allylic oxidation sites excluding steroid dienone is 2. The van der Waals surface area contributed by atoms with E-state index in [2.05, 4.69) is 152 Å². The van der Waals surface area contributed by atoms with Gasteiger partial charge in [-0.25, -0.2) is 0 Å². The fourth-order valence-corrected chi connectivity index (χ4v) is 23.3. The summed E-state index contributed by atoms with van der Waals surface area (Å²) in [5.74, 6) is 0.0486. The molecule has 5 heterocycles. The van der Waals surface area contributed by atoms with Gasteiger partial charge < -0.3 is 9.13 Å². The van der Waals surface area contributed by atoms with Crippen molar-refractivity contribution in [2.75, 3.05) is 18.9 Å². The predicted molar refractivity (Wildman–Crippen MR) is 217 cm³/mol. The Bertz CT molecular complexity index is 2420. The van der Waals surface area contributed by atoms with E-state index in [1.54, 1.807) is 0 Å². The van der Waals surface area contributed by atoms with Gasteiger partial charge in [0, 0.05) is 46.9 Å². The molecule has 258 valence electrons. The van der Waals surface area contributed by atoms with Crippen molar-refractivity contribution in [1.29, 1.82) is 0 Å². The third kappa shape index (κ3) is 3.92. The Morgan fingerprint density at radius 2 is 1.08 bits per heavy atom. The molecule has 3 saturated heterocycles. The van der Waals surface area contributed by atoms with Gasteiger partial charge in [0.1, 0.15) is 19.6 Å². The molecule has 3 nitrogen and oxygen atoms in total. The minimum atomic E-state index is -3.39. The van der Waals surface area contributed by atoms with Crippen molar-refractivity contribution in [3.63, 3.8) is 0 Å². The third-order valence-electron chi connectivity index (χ3n) is 13.5. The van der Waals surface area contributed by atoms with Crippen LogP contribution in [0.1, 0.15) is 41.7 Å². The molecule has 5 aliphatic rings. The lowest BCUT2D eigenvalue weighted by Gasteiger charge is -2.51. The van der Waals surface area contributed by atoms with Crippen LogP contribution < -0.4 is 0 Å². The maximum Gasteiger partial charge on any atom is 0.141 e. The first kappa shape index (κ1) is 32.4. The van der Waals surface area contributed by atoms with Crippen molar-refractivity contribution in [2.45, 2.75) is 31.3 Å². The van der Waals surface area contributed by atoms with E-state index in [0.29, 0.717) is 18.9 Å². The van der Waals surface area contributed by atoms with E-state index in [-0.39, 0.29) is 17.0 Å². The molecule has 5 unspecified atom stereocenters. The van der Waals surface area contributed by atoms with Crippen LogP contribution in [-0.4, -0.2) is 34.7 Å². The van der Waals surface area contributed by atoms with Gasteiger partial charge >= 0.3 is 0 Å². The monoisotopic (exact) mass is 715 g/mol. The Morgan fingerprint density at radius 3 is 1.62 bits per heavy atom. The molecule has 3 fully saturated rings. The SMILES string of the molecule is C=C1C2(C3C(CN2Cc2ccccc2)[C@]2(C)CP3(=O)C(c3ccccc3)=C2c2ccccc2)P2(=O)C[C@@]1(C)C(c1ccccc1)=C2c1ccccc1. The Morgan fingerprint density at radius 1 is 0.615 bits per heavy atom. The van der Waals surface area contributed by atoms with Crippen LogP contribution in [0, 0.1) is 16.7 Å². The van der Waals surface area contributed by atoms with Crippen molar-refractivity contribution in [3.05, 3.63) is 192 Å². The zero-order chi connectivity index (χ0) is 35.5. The molecule has 0 aliphatic carbocycles. The molecular weight excluding hydrogens is 672 g/mol. The highest BCUT2D eigenvalue weighted by Gasteiger charge is 2.84. The lowest BCUT2D eigenvalue weighted by molar-refractivity contribution is 0.216. The zero-order valence-corrected chi connectivity index (χ0v) is 31.6. The summed E-state index contributed by atoms with van der Waals surface area (Å²) in [6.45, 7) is 11.1. The summed E-state index contributed by atoms with van der Waals surface area (Å²) in [6, 6.07) is 52.7. The fraction of sp³-hybridized carbons (Fsp3) is 0.234. The second-order valence-corrected chi connectivity index (χ2v) is 22.0. The normalized spacial score (nSPS) is 34.5. The van der Waals surface area contributed by atoms with Crippen molar-refractivity contribution < 1.29 is 9.13 Å². The third-order valence-corrected chi connectivity index (χ3v) is 21.9. The highest BCUT2D eigenvalue weighted by Crippen LogP contribution is 2.96. The summed E-state index contributed by atoms with van der Waals surface area (Å²) < 4.78 is 34.2. The van der Waals surface area contributed by atoms with E-state index in [0.717, 1.165) is 50.6 Å². The molecule has 0 aromatic heterocycles. The summed E-state index contributed by atoms with van der Waals surface area (Å²) in [5, 5.41) is 1.02. The smallest absolute Gasteiger partial charge is 0.141 e. The summed E-state index contributed by atoms with van der Waals surface area (Å²) >= 11 is 0. The summed E-state index contributed by atoms with van der Waals surface area (Å²) in [7, 11) is -6.62. The second kappa shape index (κ2) is 11.1. The molecular formula is C47H43NO2P2. The largest absolute Gasteiger partial charge is 0.318 e. The van der Waals surface area contributed by atoms with Crippen molar-refractivity contribution in [2.24, 2.45) is 16.7 Å². The standard InChI is InChI=1S/C47H43NO2P2/c1-33-45(2)32-52(50,43(38-27-17-8-18-28-38)41(45)36-23-13-6-14-24-36)47(33)44-39(30-48(47)29-34-19-9-4-10-20-34)46(3)31-51(44,49)42(37-25-15-7-16-26-37)40(46)35-21-11-5-12-22-35/h4-28,39,44H,1,29-32H2,2-3H3/t39?,44?,45-,46+,47?,51?,52?/m1/s1. The molecule has 1 spiro atoms. The second-order valence-electron chi connectivity index (χ2n) is 16.1. The van der Waals surface area contributed by atoms with Crippen LogP contribution in [0.15, 0.2) is 164 Å². The van der Waals surface area contributed by atoms with Crippen LogP contribution in [-0.2, 0) is 15.7 Å². The average Bonchev–Trinajstić information content (AvgIpc) is 3.85. The lowest BCUT2D eigenvalue weighted by Crippen LogP contribution is -2.51. The number of nitrogens with zero attached hydrogens (tertiary/aromatic N) is 1. The van der Waals surface area contributed by atoms with Gasteiger partial charge in [-0.3, -0.25) is 4.90 Å². The minimum Gasteiger partial charge on any atom is -0.318 e. The van der Waals surface area contributed by atoms with Gasteiger partial charge in [-0.15, -0.1) is 0 Å². The fourth-order valence-electron chi connectivity index (χ4n) is 11.8. The van der Waals surface area contributed by atoms with Crippen molar-refractivity contribution >= 4 is 36.1 Å². The summed E-state index contributed by atoms with van der Waals surface area (Å²) in [6.07, 6.45) is 1.11. The molecule has 0 N–H and O–H groups in total. The van der Waals surface area contributed by atoms with E-state index in [1.165, 1.54) is 11.1 Å². The molecule has 5 heteroatoms. The summed E-state index contributed by atoms with van der Waals surface area (Å²) in [5.41, 5.74) is 7.60. The number of hydrogen-bond donors (Lipinski definition) is 0. The molecule has 0 radical (unpaired) electrons. The van der Waals surface area contributed by atoms with Crippen LogP contribution >= 0.6 is 14.3 Å². The Hall–Kier alpha value is -4.26. The number of likely N-dealkylation sites (tertiary alicyclic amines) is 1. The molecule has 5 aliphatic heterocycles. The molecule has 7 atom stereocenters. The Labute approximate surface area is 307 Å². The number of benzene rings is 5. The molecule has 5 aromatic carbocycles. The van der Waals surface area contributed by atoms with Crippen LogP contribution in [0.4, 0.5) is 0 Å². The molecule has 4 bridgehead atoms. The van der Waals surface area contributed by atoms with E-state index < -0.39 is 25.0 Å². The van der Waals surface area contributed by atoms with Gasteiger partial charge in [0.05, 0.1) is 5.66 Å². The quantitative estimate of drug-likeness (QED) is 0.130. The van der Waals surface area contributed by atoms with E-state index in [9.17, 15) is 0 Å². The predicted octanol–water partition coefficient (Wildman–Crippen LogP) is 11.7. The van der Waals surface area contributed by atoms with Crippen molar-refractivity contribution in [3.8, 4) is 0 Å². The molecule has 5 aromatic rings. The lowest BCUT2D eigenvalue weighted by atomic mass is 9.67. The van der Waals surface area contributed by atoms with E-state index in [4.69, 9.17) is 6.58 Å². The molecule has 0 saturated carbocycles. The topological polar surface area (TPSA) is 37.4 Å². The zero-order valence-electron chi connectivity index (χ0n) is 29.8. The highest BCUT2D eigenvalue weighted by atomic mass is 31.2. The Balaban J connectivity index is 1.29. The molecule has 52 heavy (non-hydrogen) atoms. The van der Waals surface area contributed by atoms with Crippen molar-refractivity contribution in [1.82, 2.24) is 4.90 Å². The van der Waals surface area contributed by atoms with Gasteiger partial charge in [-0.05, 0) is 50.5 Å².